The zero-order valence-corrected chi connectivity index (χ0v) is 13.0. The maximum Gasteiger partial charge on any atom is 0.260 e. The van der Waals surface area contributed by atoms with Crippen LogP contribution >= 0.6 is 15.9 Å². The minimum Gasteiger partial charge on any atom is -0.480 e. The number of rotatable bonds is 6. The average Bonchev–Trinajstić information content (AvgIpc) is 2.33. The van der Waals surface area contributed by atoms with Gasteiger partial charge in [-0.25, -0.2) is 4.39 Å². The predicted molar refractivity (Wildman–Crippen MR) is 76.7 cm³/mol. The summed E-state index contributed by atoms with van der Waals surface area (Å²) in [5.74, 6) is 0.267. The number of benzene rings is 1. The number of nitrogens with one attached hydrogen (secondary N) is 1. The van der Waals surface area contributed by atoms with E-state index in [4.69, 9.17) is 4.74 Å². The third kappa shape index (κ3) is 5.59. The Bertz CT molecular complexity index is 437. The quantitative estimate of drug-likeness (QED) is 0.866. The van der Waals surface area contributed by atoms with Crippen molar-refractivity contribution in [3.63, 3.8) is 0 Å². The second-order valence-corrected chi connectivity index (χ2v) is 5.66. The normalized spacial score (nSPS) is 12.3. The minimum absolute atomic E-state index is 0.197. The fourth-order valence-corrected chi connectivity index (χ4v) is 1.78. The van der Waals surface area contributed by atoms with Crippen molar-refractivity contribution in [1.82, 2.24) is 5.32 Å². The highest BCUT2D eigenvalue weighted by Crippen LogP contribution is 2.26. The Balaban J connectivity index is 2.51. The third-order valence-corrected chi connectivity index (χ3v) is 3.24. The number of halogens is 2. The summed E-state index contributed by atoms with van der Waals surface area (Å²) < 4.78 is 19.2. The summed E-state index contributed by atoms with van der Waals surface area (Å²) in [5.41, 5.74) is 0. The molecule has 0 spiro atoms. The van der Waals surface area contributed by atoms with Crippen molar-refractivity contribution < 1.29 is 13.9 Å². The van der Waals surface area contributed by atoms with Gasteiger partial charge in [0.05, 0.1) is 4.47 Å². The molecule has 0 aliphatic heterocycles. The standard InChI is InChI=1S/C14H19BrFNO2/c1-9(2)6-7-17-14(18)10(3)19-13-8-11(16)4-5-12(13)15/h4-5,8-10H,6-7H2,1-3H3,(H,17,18). The lowest BCUT2D eigenvalue weighted by Gasteiger charge is -2.16. The van der Waals surface area contributed by atoms with Crippen LogP contribution in [0.5, 0.6) is 5.75 Å². The van der Waals surface area contributed by atoms with Crippen molar-refractivity contribution in [1.29, 1.82) is 0 Å². The van der Waals surface area contributed by atoms with Gasteiger partial charge in [-0.3, -0.25) is 4.79 Å². The van der Waals surface area contributed by atoms with Gasteiger partial charge in [-0.05, 0) is 47.3 Å². The molecule has 1 unspecified atom stereocenters. The summed E-state index contributed by atoms with van der Waals surface area (Å²) >= 11 is 3.26. The highest BCUT2D eigenvalue weighted by Gasteiger charge is 2.16. The van der Waals surface area contributed by atoms with E-state index >= 15 is 0 Å². The van der Waals surface area contributed by atoms with Crippen LogP contribution in [0.25, 0.3) is 0 Å². The van der Waals surface area contributed by atoms with Crippen LogP contribution in [0, 0.1) is 11.7 Å². The zero-order valence-electron chi connectivity index (χ0n) is 11.4. The monoisotopic (exact) mass is 331 g/mol. The molecule has 0 bridgehead atoms. The molecule has 0 saturated heterocycles. The van der Waals surface area contributed by atoms with Crippen LogP contribution in [0.2, 0.25) is 0 Å². The minimum atomic E-state index is -0.662. The molecule has 3 nitrogen and oxygen atoms in total. The number of amides is 1. The molecule has 1 rings (SSSR count). The molecule has 1 N–H and O–H groups in total. The van der Waals surface area contributed by atoms with E-state index in [0.717, 1.165) is 6.42 Å². The van der Waals surface area contributed by atoms with Gasteiger partial charge in [-0.2, -0.15) is 0 Å². The van der Waals surface area contributed by atoms with Gasteiger partial charge in [-0.15, -0.1) is 0 Å². The molecular formula is C14H19BrFNO2. The molecule has 0 heterocycles. The van der Waals surface area contributed by atoms with Gasteiger partial charge in [0.25, 0.3) is 5.91 Å². The molecule has 1 aromatic rings. The molecule has 1 atom stereocenters. The largest absolute Gasteiger partial charge is 0.480 e. The van der Waals surface area contributed by atoms with Crippen LogP contribution < -0.4 is 10.1 Å². The Labute approximate surface area is 121 Å². The summed E-state index contributed by atoms with van der Waals surface area (Å²) in [5, 5.41) is 2.80. The molecular weight excluding hydrogens is 313 g/mol. The van der Waals surface area contributed by atoms with Gasteiger partial charge in [0, 0.05) is 12.6 Å². The van der Waals surface area contributed by atoms with Crippen LogP contribution in [0.4, 0.5) is 4.39 Å². The van der Waals surface area contributed by atoms with Gasteiger partial charge >= 0.3 is 0 Å². The highest BCUT2D eigenvalue weighted by molar-refractivity contribution is 9.10. The number of carbonyl (C=O) groups excluding carboxylic acids is 1. The molecule has 0 radical (unpaired) electrons. The van der Waals surface area contributed by atoms with Crippen molar-refractivity contribution in [2.75, 3.05) is 6.54 Å². The Hall–Kier alpha value is -1.10. The molecule has 1 aromatic carbocycles. The van der Waals surface area contributed by atoms with Gasteiger partial charge in [0.1, 0.15) is 11.6 Å². The van der Waals surface area contributed by atoms with Gasteiger partial charge in [-0.1, -0.05) is 13.8 Å². The molecule has 0 aliphatic rings. The molecule has 0 saturated carbocycles. The molecule has 0 aromatic heterocycles. The molecule has 0 aliphatic carbocycles. The first kappa shape index (κ1) is 16.0. The Morgan fingerprint density at radius 2 is 2.11 bits per heavy atom. The topological polar surface area (TPSA) is 38.3 Å². The van der Waals surface area contributed by atoms with E-state index in [1.165, 1.54) is 12.1 Å². The van der Waals surface area contributed by atoms with Crippen LogP contribution in [0.1, 0.15) is 27.2 Å². The van der Waals surface area contributed by atoms with Crippen LogP contribution in [0.15, 0.2) is 22.7 Å². The van der Waals surface area contributed by atoms with Crippen molar-refractivity contribution in [2.24, 2.45) is 5.92 Å². The van der Waals surface area contributed by atoms with E-state index < -0.39 is 11.9 Å². The fraction of sp³-hybridized carbons (Fsp3) is 0.500. The second-order valence-electron chi connectivity index (χ2n) is 4.81. The lowest BCUT2D eigenvalue weighted by Crippen LogP contribution is -2.37. The lowest BCUT2D eigenvalue weighted by molar-refractivity contribution is -0.127. The molecule has 0 fully saturated rings. The predicted octanol–water partition coefficient (Wildman–Crippen LogP) is 3.52. The lowest BCUT2D eigenvalue weighted by atomic mass is 10.1. The first-order valence-corrected chi connectivity index (χ1v) is 7.09. The van der Waals surface area contributed by atoms with E-state index in [1.807, 2.05) is 0 Å². The van der Waals surface area contributed by atoms with Crippen LogP contribution in [0.3, 0.4) is 0 Å². The van der Waals surface area contributed by atoms with E-state index in [-0.39, 0.29) is 5.91 Å². The fourth-order valence-electron chi connectivity index (χ4n) is 1.44. The van der Waals surface area contributed by atoms with Gasteiger partial charge < -0.3 is 10.1 Å². The van der Waals surface area contributed by atoms with E-state index in [9.17, 15) is 9.18 Å². The zero-order chi connectivity index (χ0) is 14.4. The molecule has 106 valence electrons. The van der Waals surface area contributed by atoms with Crippen molar-refractivity contribution in [3.05, 3.63) is 28.5 Å². The average molecular weight is 332 g/mol. The Kier molecular flexibility index (Phi) is 6.28. The van der Waals surface area contributed by atoms with Crippen molar-refractivity contribution in [3.8, 4) is 5.75 Å². The van der Waals surface area contributed by atoms with E-state index in [0.29, 0.717) is 22.7 Å². The maximum atomic E-state index is 13.1. The summed E-state index contributed by atoms with van der Waals surface area (Å²) in [6, 6.07) is 4.13. The number of ether oxygens (including phenoxy) is 1. The molecule has 1 amide bonds. The second kappa shape index (κ2) is 7.48. The van der Waals surface area contributed by atoms with Crippen LogP contribution in [-0.2, 0) is 4.79 Å². The van der Waals surface area contributed by atoms with E-state index in [2.05, 4.69) is 35.1 Å². The SMILES string of the molecule is CC(C)CCNC(=O)C(C)Oc1cc(F)ccc1Br. The molecule has 19 heavy (non-hydrogen) atoms. The van der Waals surface area contributed by atoms with Crippen molar-refractivity contribution >= 4 is 21.8 Å². The van der Waals surface area contributed by atoms with Gasteiger partial charge in [0.15, 0.2) is 6.10 Å². The maximum absolute atomic E-state index is 13.1. The van der Waals surface area contributed by atoms with Crippen LogP contribution in [-0.4, -0.2) is 18.6 Å². The Morgan fingerprint density at radius 3 is 2.74 bits per heavy atom. The van der Waals surface area contributed by atoms with E-state index in [1.54, 1.807) is 13.0 Å². The van der Waals surface area contributed by atoms with Gasteiger partial charge in [0.2, 0.25) is 0 Å². The smallest absolute Gasteiger partial charge is 0.260 e. The third-order valence-electron chi connectivity index (χ3n) is 2.59. The summed E-state index contributed by atoms with van der Waals surface area (Å²) in [6.45, 7) is 6.45. The summed E-state index contributed by atoms with van der Waals surface area (Å²) in [4.78, 5) is 11.8. The summed E-state index contributed by atoms with van der Waals surface area (Å²) in [6.07, 6.45) is 0.257. The number of hydrogen-bond acceptors (Lipinski definition) is 2. The first-order chi connectivity index (χ1) is 8.90. The summed E-state index contributed by atoms with van der Waals surface area (Å²) in [7, 11) is 0. The first-order valence-electron chi connectivity index (χ1n) is 6.29. The van der Waals surface area contributed by atoms with Crippen molar-refractivity contribution in [2.45, 2.75) is 33.3 Å². The Morgan fingerprint density at radius 1 is 1.42 bits per heavy atom. The molecule has 5 heteroatoms. The highest BCUT2D eigenvalue weighted by atomic mass is 79.9. The number of carbonyl (C=O) groups is 1. The number of hydrogen-bond donors (Lipinski definition) is 1.